The first kappa shape index (κ1) is 16.3. The van der Waals surface area contributed by atoms with E-state index in [1.807, 2.05) is 6.07 Å². The fraction of sp³-hybridized carbons (Fsp3) is 0.667. The predicted molar refractivity (Wildman–Crippen MR) is 88.8 cm³/mol. The summed E-state index contributed by atoms with van der Waals surface area (Å²) in [5, 5.41) is 3.63. The van der Waals surface area contributed by atoms with Gasteiger partial charge in [0.25, 0.3) is 0 Å². The minimum Gasteiger partial charge on any atom is -0.491 e. The molecule has 0 radical (unpaired) electrons. The zero-order valence-corrected chi connectivity index (χ0v) is 13.8. The molecule has 1 N–H and O–H groups in total. The van der Waals surface area contributed by atoms with Crippen molar-refractivity contribution in [2.75, 3.05) is 19.6 Å². The molecule has 1 aliphatic rings. The van der Waals surface area contributed by atoms with Gasteiger partial charge in [-0.15, -0.1) is 0 Å². The predicted octanol–water partition coefficient (Wildman–Crippen LogP) is 3.44. The van der Waals surface area contributed by atoms with Crippen LogP contribution in [-0.2, 0) is 6.54 Å². The number of piperidine rings is 1. The Bertz CT molecular complexity index is 413. The van der Waals surface area contributed by atoms with Crippen LogP contribution in [0.15, 0.2) is 24.3 Å². The van der Waals surface area contributed by atoms with Crippen molar-refractivity contribution < 1.29 is 4.74 Å². The van der Waals surface area contributed by atoms with Crippen molar-refractivity contribution in [3.63, 3.8) is 0 Å². The number of nitrogens with zero attached hydrogens (tertiary/aromatic N) is 1. The molecule has 0 amide bonds. The molecule has 3 heteroatoms. The number of hydrogen-bond donors (Lipinski definition) is 1. The van der Waals surface area contributed by atoms with Gasteiger partial charge in [-0.1, -0.05) is 18.6 Å². The van der Waals surface area contributed by atoms with Crippen LogP contribution in [0.25, 0.3) is 0 Å². The van der Waals surface area contributed by atoms with Crippen molar-refractivity contribution in [3.05, 3.63) is 29.8 Å². The van der Waals surface area contributed by atoms with Crippen LogP contribution in [-0.4, -0.2) is 36.7 Å². The summed E-state index contributed by atoms with van der Waals surface area (Å²) in [7, 11) is 0. The van der Waals surface area contributed by atoms with E-state index in [0.717, 1.165) is 18.8 Å². The summed E-state index contributed by atoms with van der Waals surface area (Å²) in [6, 6.07) is 8.93. The van der Waals surface area contributed by atoms with Gasteiger partial charge in [0.15, 0.2) is 0 Å². The topological polar surface area (TPSA) is 24.5 Å². The Morgan fingerprint density at radius 2 is 1.90 bits per heavy atom. The van der Waals surface area contributed by atoms with Gasteiger partial charge in [-0.05, 0) is 64.4 Å². The quantitative estimate of drug-likeness (QED) is 0.832. The lowest BCUT2D eigenvalue weighted by molar-refractivity contribution is 0.209. The Kier molecular flexibility index (Phi) is 6.52. The van der Waals surface area contributed by atoms with Crippen LogP contribution in [0.3, 0.4) is 0 Å². The highest BCUT2D eigenvalue weighted by Crippen LogP contribution is 2.15. The van der Waals surface area contributed by atoms with E-state index in [1.54, 1.807) is 0 Å². The van der Waals surface area contributed by atoms with E-state index in [0.29, 0.717) is 6.04 Å². The van der Waals surface area contributed by atoms with Crippen molar-refractivity contribution in [2.45, 2.75) is 58.7 Å². The van der Waals surface area contributed by atoms with Crippen LogP contribution in [0.4, 0.5) is 0 Å². The molecule has 0 saturated carbocycles. The van der Waals surface area contributed by atoms with Crippen LogP contribution in [0, 0.1) is 0 Å². The maximum absolute atomic E-state index is 5.75. The van der Waals surface area contributed by atoms with Gasteiger partial charge < -0.3 is 15.0 Å². The van der Waals surface area contributed by atoms with Gasteiger partial charge in [0.1, 0.15) is 5.75 Å². The third-order valence-electron chi connectivity index (χ3n) is 3.91. The number of rotatable bonds is 7. The van der Waals surface area contributed by atoms with Gasteiger partial charge in [0.2, 0.25) is 0 Å². The maximum Gasteiger partial charge on any atom is 0.120 e. The third kappa shape index (κ3) is 6.06. The minimum absolute atomic E-state index is 0.228. The molecule has 1 fully saturated rings. The lowest BCUT2D eigenvalue weighted by Crippen LogP contribution is -2.41. The van der Waals surface area contributed by atoms with Gasteiger partial charge in [0.05, 0.1) is 6.10 Å². The van der Waals surface area contributed by atoms with E-state index in [1.165, 1.54) is 37.9 Å². The molecule has 0 bridgehead atoms. The number of likely N-dealkylation sites (tertiary alicyclic amines) is 1. The summed E-state index contributed by atoms with van der Waals surface area (Å²) in [4.78, 5) is 2.58. The molecule has 3 nitrogen and oxygen atoms in total. The normalized spacial score (nSPS) is 17.9. The van der Waals surface area contributed by atoms with E-state index in [9.17, 15) is 0 Å². The second-order valence-electron chi connectivity index (χ2n) is 6.46. The Morgan fingerprint density at radius 1 is 1.14 bits per heavy atom. The molecular formula is C18H30N2O. The average molecular weight is 290 g/mol. The Labute approximate surface area is 129 Å². The molecule has 1 aromatic carbocycles. The first-order valence-electron chi connectivity index (χ1n) is 8.35. The molecule has 0 aliphatic carbocycles. The minimum atomic E-state index is 0.228. The summed E-state index contributed by atoms with van der Waals surface area (Å²) >= 11 is 0. The summed E-state index contributed by atoms with van der Waals surface area (Å²) < 4.78 is 5.75. The maximum atomic E-state index is 5.75. The Morgan fingerprint density at radius 3 is 2.62 bits per heavy atom. The Balaban J connectivity index is 1.76. The summed E-state index contributed by atoms with van der Waals surface area (Å²) in [5.41, 5.74) is 1.29. The Hall–Kier alpha value is -1.06. The van der Waals surface area contributed by atoms with Crippen molar-refractivity contribution in [3.8, 4) is 5.75 Å². The first-order chi connectivity index (χ1) is 10.1. The molecule has 1 aliphatic heterocycles. The third-order valence-corrected chi connectivity index (χ3v) is 3.91. The first-order valence-corrected chi connectivity index (χ1v) is 8.35. The van der Waals surface area contributed by atoms with Crippen LogP contribution >= 0.6 is 0 Å². The molecule has 1 aromatic rings. The average Bonchev–Trinajstić information content (AvgIpc) is 2.46. The molecular weight excluding hydrogens is 260 g/mol. The van der Waals surface area contributed by atoms with Crippen LogP contribution in [0.2, 0.25) is 0 Å². The molecule has 1 saturated heterocycles. The molecule has 21 heavy (non-hydrogen) atoms. The van der Waals surface area contributed by atoms with Crippen molar-refractivity contribution in [1.82, 2.24) is 10.2 Å². The highest BCUT2D eigenvalue weighted by Gasteiger charge is 2.13. The fourth-order valence-corrected chi connectivity index (χ4v) is 2.89. The lowest BCUT2D eigenvalue weighted by Gasteiger charge is -2.29. The van der Waals surface area contributed by atoms with Crippen LogP contribution in [0.5, 0.6) is 5.75 Å². The summed E-state index contributed by atoms with van der Waals surface area (Å²) in [6.45, 7) is 11.0. The van der Waals surface area contributed by atoms with Gasteiger partial charge in [-0.2, -0.15) is 0 Å². The molecule has 2 rings (SSSR count). The molecule has 1 atom stereocenters. The van der Waals surface area contributed by atoms with Crippen molar-refractivity contribution in [1.29, 1.82) is 0 Å². The number of hydrogen-bond acceptors (Lipinski definition) is 3. The van der Waals surface area contributed by atoms with Gasteiger partial charge >= 0.3 is 0 Å². The van der Waals surface area contributed by atoms with E-state index >= 15 is 0 Å². The van der Waals surface area contributed by atoms with Crippen molar-refractivity contribution in [2.24, 2.45) is 0 Å². The summed E-state index contributed by atoms with van der Waals surface area (Å²) in [6.07, 6.45) is 4.36. The monoisotopic (exact) mass is 290 g/mol. The van der Waals surface area contributed by atoms with E-state index in [2.05, 4.69) is 49.2 Å². The van der Waals surface area contributed by atoms with Crippen LogP contribution < -0.4 is 10.1 Å². The smallest absolute Gasteiger partial charge is 0.120 e. The standard InChI is InChI=1S/C18H30N2O/c1-15(2)21-18-9-7-8-17(12-18)13-19-16(3)14-20-10-5-4-6-11-20/h7-9,12,15-16,19H,4-6,10-11,13-14H2,1-3H3. The summed E-state index contributed by atoms with van der Waals surface area (Å²) in [5.74, 6) is 0.966. The highest BCUT2D eigenvalue weighted by molar-refractivity contribution is 5.28. The fourth-order valence-electron chi connectivity index (χ4n) is 2.89. The zero-order chi connectivity index (χ0) is 15.1. The molecule has 118 valence electrons. The van der Waals surface area contributed by atoms with Gasteiger partial charge in [-0.3, -0.25) is 0 Å². The number of benzene rings is 1. The SMILES string of the molecule is CC(CN1CCCCC1)NCc1cccc(OC(C)C)c1. The van der Waals surface area contributed by atoms with Gasteiger partial charge in [-0.25, -0.2) is 0 Å². The number of nitrogens with one attached hydrogen (secondary N) is 1. The van der Waals surface area contributed by atoms with Crippen LogP contribution in [0.1, 0.15) is 45.6 Å². The van der Waals surface area contributed by atoms with Gasteiger partial charge in [0, 0.05) is 19.1 Å². The molecule has 1 unspecified atom stereocenters. The molecule has 0 aromatic heterocycles. The van der Waals surface area contributed by atoms with Crippen molar-refractivity contribution >= 4 is 0 Å². The largest absolute Gasteiger partial charge is 0.491 e. The second-order valence-corrected chi connectivity index (χ2v) is 6.46. The zero-order valence-electron chi connectivity index (χ0n) is 13.8. The number of ether oxygens (including phenoxy) is 1. The second kappa shape index (κ2) is 8.40. The highest BCUT2D eigenvalue weighted by atomic mass is 16.5. The lowest BCUT2D eigenvalue weighted by atomic mass is 10.1. The van der Waals surface area contributed by atoms with E-state index in [4.69, 9.17) is 4.74 Å². The van der Waals surface area contributed by atoms with E-state index < -0.39 is 0 Å². The van der Waals surface area contributed by atoms with E-state index in [-0.39, 0.29) is 6.10 Å². The molecule has 0 spiro atoms. The molecule has 1 heterocycles.